The fourth-order valence-corrected chi connectivity index (χ4v) is 4.80. The van der Waals surface area contributed by atoms with Crippen LogP contribution in [-0.2, 0) is 16.4 Å². The van der Waals surface area contributed by atoms with Crippen molar-refractivity contribution in [2.24, 2.45) is 0 Å². The Labute approximate surface area is 138 Å². The average molecular weight is 338 g/mol. The number of hydrogen-bond acceptors (Lipinski definition) is 5. The molecule has 1 aromatic rings. The molecule has 0 saturated heterocycles. The van der Waals surface area contributed by atoms with Crippen molar-refractivity contribution in [3.05, 3.63) is 23.9 Å². The molecular weight excluding hydrogens is 312 g/mol. The molecule has 2 atom stereocenters. The minimum atomic E-state index is -3.00. The Kier molecular flexibility index (Phi) is 5.21. The van der Waals surface area contributed by atoms with E-state index in [0.717, 1.165) is 44.1 Å². The number of ether oxygens (including phenoxy) is 1. The van der Waals surface area contributed by atoms with Crippen molar-refractivity contribution in [3.63, 3.8) is 0 Å². The summed E-state index contributed by atoms with van der Waals surface area (Å²) in [6.45, 7) is 0.653. The van der Waals surface area contributed by atoms with Crippen molar-refractivity contribution in [1.82, 2.24) is 10.3 Å². The molecule has 0 aromatic carbocycles. The van der Waals surface area contributed by atoms with Crippen molar-refractivity contribution in [1.29, 1.82) is 0 Å². The van der Waals surface area contributed by atoms with Gasteiger partial charge in [0.2, 0.25) is 5.88 Å². The van der Waals surface area contributed by atoms with Gasteiger partial charge in [-0.2, -0.15) is 0 Å². The Morgan fingerprint density at radius 1 is 1.22 bits per heavy atom. The molecule has 23 heavy (non-hydrogen) atoms. The number of hydrogen-bond donors (Lipinski definition) is 1. The van der Waals surface area contributed by atoms with Gasteiger partial charge in [0.05, 0.1) is 5.25 Å². The van der Waals surface area contributed by atoms with Crippen LogP contribution >= 0.6 is 0 Å². The summed E-state index contributed by atoms with van der Waals surface area (Å²) in [5, 5.41) is 3.18. The number of aromatic nitrogens is 1. The number of rotatable bonds is 6. The molecule has 2 saturated carbocycles. The zero-order chi connectivity index (χ0) is 16.3. The summed E-state index contributed by atoms with van der Waals surface area (Å²) in [5.74, 6) is 0.678. The van der Waals surface area contributed by atoms with Crippen LogP contribution in [0.3, 0.4) is 0 Å². The quantitative estimate of drug-likeness (QED) is 0.863. The number of pyridine rings is 1. The lowest BCUT2D eigenvalue weighted by molar-refractivity contribution is 0.114. The van der Waals surface area contributed by atoms with Gasteiger partial charge in [-0.15, -0.1) is 0 Å². The topological polar surface area (TPSA) is 68.3 Å². The molecular formula is C17H26N2O3S. The van der Waals surface area contributed by atoms with Crippen LogP contribution in [-0.4, -0.2) is 37.1 Å². The van der Waals surface area contributed by atoms with E-state index in [1.54, 1.807) is 6.20 Å². The first kappa shape index (κ1) is 16.7. The molecule has 2 fully saturated rings. The molecule has 2 aliphatic carbocycles. The summed E-state index contributed by atoms with van der Waals surface area (Å²) in [7, 11) is -3.00. The van der Waals surface area contributed by atoms with Gasteiger partial charge < -0.3 is 10.1 Å². The Hall–Kier alpha value is -1.14. The summed E-state index contributed by atoms with van der Waals surface area (Å²) in [5.41, 5.74) is 1.09. The van der Waals surface area contributed by atoms with E-state index in [9.17, 15) is 8.42 Å². The molecule has 0 radical (unpaired) electrons. The highest BCUT2D eigenvalue weighted by atomic mass is 32.2. The summed E-state index contributed by atoms with van der Waals surface area (Å²) in [4.78, 5) is 4.26. The minimum Gasteiger partial charge on any atom is -0.474 e. The predicted molar refractivity (Wildman–Crippen MR) is 90.2 cm³/mol. The van der Waals surface area contributed by atoms with Gasteiger partial charge >= 0.3 is 0 Å². The first-order chi connectivity index (χ1) is 11.0. The molecule has 0 bridgehead atoms. The van der Waals surface area contributed by atoms with Crippen LogP contribution in [0.5, 0.6) is 5.88 Å². The van der Waals surface area contributed by atoms with Gasteiger partial charge in [0, 0.05) is 31.1 Å². The Morgan fingerprint density at radius 3 is 2.70 bits per heavy atom. The smallest absolute Gasteiger partial charge is 0.213 e. The van der Waals surface area contributed by atoms with Crippen LogP contribution in [0.2, 0.25) is 0 Å². The Morgan fingerprint density at radius 2 is 2.00 bits per heavy atom. The summed E-state index contributed by atoms with van der Waals surface area (Å²) >= 11 is 0. The number of sulfone groups is 1. The van der Waals surface area contributed by atoms with Gasteiger partial charge in [0.25, 0.3) is 0 Å². The lowest BCUT2D eigenvalue weighted by Gasteiger charge is -2.31. The van der Waals surface area contributed by atoms with Crippen LogP contribution in [0, 0.1) is 0 Å². The maximum Gasteiger partial charge on any atom is 0.213 e. The monoisotopic (exact) mass is 338 g/mol. The van der Waals surface area contributed by atoms with Crippen LogP contribution < -0.4 is 10.1 Å². The summed E-state index contributed by atoms with van der Waals surface area (Å²) in [6.07, 6.45) is 10.7. The molecule has 5 nitrogen and oxygen atoms in total. The van der Waals surface area contributed by atoms with E-state index in [2.05, 4.69) is 10.3 Å². The van der Waals surface area contributed by atoms with Crippen molar-refractivity contribution >= 4 is 9.84 Å². The molecule has 0 spiro atoms. The van der Waals surface area contributed by atoms with E-state index in [1.807, 2.05) is 12.1 Å². The van der Waals surface area contributed by atoms with E-state index in [1.165, 1.54) is 12.7 Å². The largest absolute Gasteiger partial charge is 0.474 e. The first-order valence-electron chi connectivity index (χ1n) is 8.56. The molecule has 1 heterocycles. The SMILES string of the molecule is CS(=O)(=O)[C@H]1CCCC[C@@H]1NCc1ccnc(OC2CCC2)c1. The van der Waals surface area contributed by atoms with Crippen LogP contribution in [0.15, 0.2) is 18.3 Å². The third-order valence-electron chi connectivity index (χ3n) is 4.96. The molecule has 0 unspecified atom stereocenters. The van der Waals surface area contributed by atoms with Crippen LogP contribution in [0.1, 0.15) is 50.5 Å². The van der Waals surface area contributed by atoms with Gasteiger partial charge in [0.15, 0.2) is 9.84 Å². The highest BCUT2D eigenvalue weighted by Crippen LogP contribution is 2.26. The second-order valence-corrected chi connectivity index (χ2v) is 9.08. The van der Waals surface area contributed by atoms with E-state index < -0.39 is 9.84 Å². The van der Waals surface area contributed by atoms with Crippen molar-refractivity contribution in [2.45, 2.75) is 68.9 Å². The van der Waals surface area contributed by atoms with E-state index in [0.29, 0.717) is 18.5 Å². The molecule has 2 aliphatic rings. The van der Waals surface area contributed by atoms with E-state index >= 15 is 0 Å². The summed E-state index contributed by atoms with van der Waals surface area (Å²) in [6, 6.07) is 3.96. The second kappa shape index (κ2) is 7.18. The number of nitrogens with zero attached hydrogens (tertiary/aromatic N) is 1. The molecule has 128 valence electrons. The highest BCUT2D eigenvalue weighted by Gasteiger charge is 2.32. The van der Waals surface area contributed by atoms with Gasteiger partial charge in [0.1, 0.15) is 6.10 Å². The number of nitrogens with one attached hydrogen (secondary N) is 1. The molecule has 1 aromatic heterocycles. The van der Waals surface area contributed by atoms with Crippen LogP contribution in [0.4, 0.5) is 0 Å². The van der Waals surface area contributed by atoms with Gasteiger partial charge in [-0.05, 0) is 43.7 Å². The molecule has 0 aliphatic heterocycles. The summed E-state index contributed by atoms with van der Waals surface area (Å²) < 4.78 is 29.7. The minimum absolute atomic E-state index is 0.0444. The lowest BCUT2D eigenvalue weighted by atomic mass is 9.94. The predicted octanol–water partition coefficient (Wildman–Crippen LogP) is 2.46. The normalized spacial score (nSPS) is 25.8. The van der Waals surface area contributed by atoms with Crippen molar-refractivity contribution in [3.8, 4) is 5.88 Å². The molecule has 6 heteroatoms. The molecule has 0 amide bonds. The first-order valence-corrected chi connectivity index (χ1v) is 10.5. The van der Waals surface area contributed by atoms with Gasteiger partial charge in [-0.1, -0.05) is 12.8 Å². The standard InChI is InChI=1S/C17H26N2O3S/c1-23(20,21)16-8-3-2-7-15(16)19-12-13-9-10-18-17(11-13)22-14-5-4-6-14/h9-11,14-16,19H,2-8,12H2,1H3/t15-,16-/m0/s1. The van der Waals surface area contributed by atoms with Crippen molar-refractivity contribution < 1.29 is 13.2 Å². The average Bonchev–Trinajstić information content (AvgIpc) is 2.49. The zero-order valence-corrected chi connectivity index (χ0v) is 14.5. The highest BCUT2D eigenvalue weighted by molar-refractivity contribution is 7.91. The Bertz CT molecular complexity index is 628. The third kappa shape index (κ3) is 4.44. The van der Waals surface area contributed by atoms with E-state index in [4.69, 9.17) is 4.74 Å². The fraction of sp³-hybridized carbons (Fsp3) is 0.706. The maximum absolute atomic E-state index is 12.0. The Balaban J connectivity index is 1.59. The maximum atomic E-state index is 12.0. The lowest BCUT2D eigenvalue weighted by Crippen LogP contribution is -2.45. The van der Waals surface area contributed by atoms with Gasteiger partial charge in [-0.25, -0.2) is 13.4 Å². The van der Waals surface area contributed by atoms with Crippen molar-refractivity contribution in [2.75, 3.05) is 6.26 Å². The van der Waals surface area contributed by atoms with Crippen LogP contribution in [0.25, 0.3) is 0 Å². The molecule has 1 N–H and O–H groups in total. The fourth-order valence-electron chi connectivity index (χ4n) is 3.38. The third-order valence-corrected chi connectivity index (χ3v) is 6.62. The molecule has 3 rings (SSSR count). The second-order valence-electron chi connectivity index (χ2n) is 6.81. The van der Waals surface area contributed by atoms with Gasteiger partial charge in [-0.3, -0.25) is 0 Å². The van der Waals surface area contributed by atoms with E-state index in [-0.39, 0.29) is 11.3 Å². The zero-order valence-electron chi connectivity index (χ0n) is 13.7.